The van der Waals surface area contributed by atoms with Crippen LogP contribution in [0.25, 0.3) is 0 Å². The summed E-state index contributed by atoms with van der Waals surface area (Å²) in [6.07, 6.45) is 2.64. The Morgan fingerprint density at radius 1 is 1.00 bits per heavy atom. The number of nitrogens with zero attached hydrogens (tertiary/aromatic N) is 3. The van der Waals surface area contributed by atoms with Crippen molar-refractivity contribution in [3.05, 3.63) is 23.3 Å². The zero-order valence-corrected chi connectivity index (χ0v) is 18.7. The molecule has 3 aliphatic rings. The highest BCUT2D eigenvalue weighted by Gasteiger charge is 2.36. The standard InChI is InChI=1S/C22H31N3O4S/c1-28-19-12-16-5-7-25(14-17(16)13-20(19)29-2)21(26)15-24-6-3-4-18(24)22(27)23-8-10-30-11-9-23/h12-13,18H,3-11,14-15H2,1-2H3. The Morgan fingerprint density at radius 3 is 2.40 bits per heavy atom. The van der Waals surface area contributed by atoms with Crippen LogP contribution in [-0.2, 0) is 22.6 Å². The van der Waals surface area contributed by atoms with Gasteiger partial charge in [0.15, 0.2) is 11.5 Å². The van der Waals surface area contributed by atoms with Crippen LogP contribution in [0.5, 0.6) is 11.5 Å². The maximum atomic E-state index is 13.1. The van der Waals surface area contributed by atoms with Gasteiger partial charge in [-0.1, -0.05) is 0 Å². The third kappa shape index (κ3) is 4.39. The van der Waals surface area contributed by atoms with Crippen molar-refractivity contribution in [2.24, 2.45) is 0 Å². The maximum Gasteiger partial charge on any atom is 0.239 e. The van der Waals surface area contributed by atoms with Gasteiger partial charge < -0.3 is 19.3 Å². The van der Waals surface area contributed by atoms with E-state index < -0.39 is 0 Å². The van der Waals surface area contributed by atoms with Crippen LogP contribution in [-0.4, -0.2) is 91.0 Å². The first-order valence-electron chi connectivity index (χ1n) is 10.7. The summed E-state index contributed by atoms with van der Waals surface area (Å²) < 4.78 is 10.8. The molecule has 0 aromatic heterocycles. The Morgan fingerprint density at radius 2 is 1.70 bits per heavy atom. The molecule has 0 spiro atoms. The number of hydrogen-bond donors (Lipinski definition) is 0. The van der Waals surface area contributed by atoms with E-state index in [0.29, 0.717) is 25.4 Å². The summed E-state index contributed by atoms with van der Waals surface area (Å²) in [4.78, 5) is 32.1. The molecule has 0 bridgehead atoms. The molecule has 1 atom stereocenters. The molecule has 3 heterocycles. The molecule has 4 rings (SSSR count). The molecule has 7 nitrogen and oxygen atoms in total. The van der Waals surface area contributed by atoms with Gasteiger partial charge in [0.25, 0.3) is 0 Å². The first-order valence-corrected chi connectivity index (χ1v) is 11.9. The Kier molecular flexibility index (Phi) is 6.73. The summed E-state index contributed by atoms with van der Waals surface area (Å²) in [5, 5.41) is 0. The van der Waals surface area contributed by atoms with Gasteiger partial charge in [-0.2, -0.15) is 11.8 Å². The van der Waals surface area contributed by atoms with E-state index in [4.69, 9.17) is 9.47 Å². The van der Waals surface area contributed by atoms with Gasteiger partial charge in [-0.05, 0) is 49.1 Å². The SMILES string of the molecule is COc1cc2c(cc1OC)CN(C(=O)CN1CCCC1C(=O)N1CCSCC1)CC2. The largest absolute Gasteiger partial charge is 0.493 e. The molecule has 0 aliphatic carbocycles. The third-order valence-electron chi connectivity index (χ3n) is 6.38. The Hall–Kier alpha value is -1.93. The zero-order valence-electron chi connectivity index (χ0n) is 17.9. The van der Waals surface area contributed by atoms with Crippen molar-refractivity contribution in [1.29, 1.82) is 0 Å². The summed E-state index contributed by atoms with van der Waals surface area (Å²) in [5.74, 6) is 3.75. The molecule has 1 unspecified atom stereocenters. The van der Waals surface area contributed by atoms with Crippen LogP contribution in [0, 0.1) is 0 Å². The normalized spacial score (nSPS) is 22.0. The number of carbonyl (C=O) groups is 2. The minimum absolute atomic E-state index is 0.101. The number of likely N-dealkylation sites (tertiary alicyclic amines) is 1. The van der Waals surface area contributed by atoms with Gasteiger partial charge in [0, 0.05) is 37.7 Å². The highest BCUT2D eigenvalue weighted by Crippen LogP contribution is 2.33. The molecular weight excluding hydrogens is 402 g/mol. The van der Waals surface area contributed by atoms with E-state index in [2.05, 4.69) is 4.90 Å². The number of thioether (sulfide) groups is 1. The van der Waals surface area contributed by atoms with Crippen molar-refractivity contribution in [3.8, 4) is 11.5 Å². The van der Waals surface area contributed by atoms with E-state index in [1.165, 1.54) is 5.56 Å². The predicted molar refractivity (Wildman–Crippen MR) is 117 cm³/mol. The monoisotopic (exact) mass is 433 g/mol. The lowest BCUT2D eigenvalue weighted by molar-refractivity contribution is -0.138. The van der Waals surface area contributed by atoms with E-state index >= 15 is 0 Å². The van der Waals surface area contributed by atoms with E-state index in [1.807, 2.05) is 33.7 Å². The van der Waals surface area contributed by atoms with Crippen molar-refractivity contribution < 1.29 is 19.1 Å². The van der Waals surface area contributed by atoms with Gasteiger partial charge in [0.05, 0.1) is 26.8 Å². The number of carbonyl (C=O) groups excluding carboxylic acids is 2. The lowest BCUT2D eigenvalue weighted by Crippen LogP contribution is -2.51. The minimum atomic E-state index is -0.140. The Bertz CT molecular complexity index is 797. The Labute approximate surface area is 182 Å². The summed E-state index contributed by atoms with van der Waals surface area (Å²) in [7, 11) is 3.26. The predicted octanol–water partition coefficient (Wildman–Crippen LogP) is 1.63. The average Bonchev–Trinajstić information content (AvgIpc) is 3.25. The van der Waals surface area contributed by atoms with Crippen molar-refractivity contribution in [1.82, 2.24) is 14.7 Å². The molecule has 0 radical (unpaired) electrons. The molecule has 8 heteroatoms. The fraction of sp³-hybridized carbons (Fsp3) is 0.636. The second kappa shape index (κ2) is 9.47. The number of amides is 2. The first-order chi connectivity index (χ1) is 14.6. The van der Waals surface area contributed by atoms with E-state index in [-0.39, 0.29) is 17.9 Å². The summed E-state index contributed by atoms with van der Waals surface area (Å²) in [6.45, 7) is 4.06. The minimum Gasteiger partial charge on any atom is -0.493 e. The van der Waals surface area contributed by atoms with Crippen molar-refractivity contribution in [2.45, 2.75) is 31.8 Å². The lowest BCUT2D eigenvalue weighted by atomic mass is 9.98. The number of rotatable bonds is 5. The third-order valence-corrected chi connectivity index (χ3v) is 7.32. The van der Waals surface area contributed by atoms with Crippen LogP contribution in [0.2, 0.25) is 0 Å². The molecule has 1 aromatic carbocycles. The van der Waals surface area contributed by atoms with Gasteiger partial charge in [-0.15, -0.1) is 0 Å². The summed E-state index contributed by atoms with van der Waals surface area (Å²) in [5.41, 5.74) is 2.31. The fourth-order valence-corrected chi connectivity index (χ4v) is 5.56. The molecule has 3 aliphatic heterocycles. The average molecular weight is 434 g/mol. The highest BCUT2D eigenvalue weighted by atomic mass is 32.2. The number of hydrogen-bond acceptors (Lipinski definition) is 6. The van der Waals surface area contributed by atoms with Crippen LogP contribution >= 0.6 is 11.8 Å². The molecule has 2 saturated heterocycles. The lowest BCUT2D eigenvalue weighted by Gasteiger charge is -2.34. The van der Waals surface area contributed by atoms with Crippen molar-refractivity contribution in [2.75, 3.05) is 58.4 Å². The van der Waals surface area contributed by atoms with E-state index in [0.717, 1.165) is 61.7 Å². The number of fused-ring (bicyclic) bond motifs is 1. The van der Waals surface area contributed by atoms with Crippen molar-refractivity contribution >= 4 is 23.6 Å². The van der Waals surface area contributed by atoms with Crippen LogP contribution in [0.15, 0.2) is 12.1 Å². The molecule has 30 heavy (non-hydrogen) atoms. The molecular formula is C22H31N3O4S. The van der Waals surface area contributed by atoms with Gasteiger partial charge >= 0.3 is 0 Å². The maximum absolute atomic E-state index is 13.1. The van der Waals surface area contributed by atoms with Gasteiger partial charge in [-0.3, -0.25) is 14.5 Å². The molecule has 0 N–H and O–H groups in total. The Balaban J connectivity index is 1.40. The summed E-state index contributed by atoms with van der Waals surface area (Å²) >= 11 is 1.90. The molecule has 2 amide bonds. The molecule has 164 valence electrons. The zero-order chi connectivity index (χ0) is 21.1. The van der Waals surface area contributed by atoms with Crippen LogP contribution in [0.3, 0.4) is 0 Å². The fourth-order valence-electron chi connectivity index (χ4n) is 4.66. The summed E-state index contributed by atoms with van der Waals surface area (Å²) in [6, 6.07) is 3.85. The molecule has 1 aromatic rings. The molecule has 0 saturated carbocycles. The molecule has 2 fully saturated rings. The van der Waals surface area contributed by atoms with Gasteiger partial charge in [0.2, 0.25) is 11.8 Å². The highest BCUT2D eigenvalue weighted by molar-refractivity contribution is 7.99. The smallest absolute Gasteiger partial charge is 0.239 e. The van der Waals surface area contributed by atoms with E-state index in [1.54, 1.807) is 14.2 Å². The van der Waals surface area contributed by atoms with Crippen LogP contribution in [0.1, 0.15) is 24.0 Å². The number of methoxy groups -OCH3 is 2. The second-order valence-corrected chi connectivity index (χ2v) is 9.33. The van der Waals surface area contributed by atoms with Gasteiger partial charge in [-0.25, -0.2) is 0 Å². The topological polar surface area (TPSA) is 62.3 Å². The second-order valence-electron chi connectivity index (χ2n) is 8.11. The first kappa shape index (κ1) is 21.3. The van der Waals surface area contributed by atoms with Crippen LogP contribution < -0.4 is 9.47 Å². The van der Waals surface area contributed by atoms with E-state index in [9.17, 15) is 9.59 Å². The van der Waals surface area contributed by atoms with Crippen LogP contribution in [0.4, 0.5) is 0 Å². The van der Waals surface area contributed by atoms with Crippen molar-refractivity contribution in [3.63, 3.8) is 0 Å². The number of benzene rings is 1. The number of ether oxygens (including phenoxy) is 2. The quantitative estimate of drug-likeness (QED) is 0.703. The van der Waals surface area contributed by atoms with Gasteiger partial charge in [0.1, 0.15) is 0 Å².